The summed E-state index contributed by atoms with van der Waals surface area (Å²) >= 11 is 0. The van der Waals surface area contributed by atoms with Gasteiger partial charge in [0.1, 0.15) is 6.04 Å². The van der Waals surface area contributed by atoms with E-state index in [0.717, 1.165) is 43.4 Å². The predicted molar refractivity (Wildman–Crippen MR) is 169 cm³/mol. The van der Waals surface area contributed by atoms with Crippen LogP contribution in [0.2, 0.25) is 0 Å². The molecule has 5 aliphatic carbocycles. The number of carbonyl (C=O) groups is 3. The van der Waals surface area contributed by atoms with E-state index in [1.807, 2.05) is 0 Å². The zero-order valence-electron chi connectivity index (χ0n) is 28.3. The topological polar surface area (TPSA) is 75.3 Å². The summed E-state index contributed by atoms with van der Waals surface area (Å²) in [4.78, 5) is 38.3. The molecule has 0 aromatic heterocycles. The molecular formula is C37H60N2O3. The summed E-state index contributed by atoms with van der Waals surface area (Å²) in [5.74, 6) is 3.17. The van der Waals surface area contributed by atoms with Crippen molar-refractivity contribution >= 4 is 17.6 Å². The maximum Gasteiger partial charge on any atom is 0.226 e. The van der Waals surface area contributed by atoms with E-state index in [9.17, 15) is 14.4 Å². The Balaban J connectivity index is 1.47. The molecule has 0 radical (unpaired) electrons. The number of ketones is 1. The van der Waals surface area contributed by atoms with Crippen LogP contribution < -0.4 is 10.6 Å². The number of nitrogens with one attached hydrogen (secondary N) is 2. The molecule has 0 aromatic rings. The lowest BCUT2D eigenvalue weighted by Gasteiger charge is -2.73. The van der Waals surface area contributed by atoms with Crippen molar-refractivity contribution in [1.82, 2.24) is 10.6 Å². The molecule has 0 saturated heterocycles. The normalized spacial score (nSPS) is 46.2. The van der Waals surface area contributed by atoms with Gasteiger partial charge in [-0.05, 0) is 135 Å². The number of carbonyl (C=O) groups excluding carboxylic acids is 3. The fraction of sp³-hybridized carbons (Fsp3) is 0.865. The van der Waals surface area contributed by atoms with E-state index in [-0.39, 0.29) is 40.9 Å². The van der Waals surface area contributed by atoms with Gasteiger partial charge in [0.15, 0.2) is 5.78 Å². The molecule has 5 saturated carbocycles. The highest BCUT2D eigenvalue weighted by atomic mass is 16.2. The van der Waals surface area contributed by atoms with Gasteiger partial charge in [-0.1, -0.05) is 53.7 Å². The van der Waals surface area contributed by atoms with Gasteiger partial charge in [0, 0.05) is 13.5 Å². The monoisotopic (exact) mass is 580 g/mol. The van der Waals surface area contributed by atoms with Gasteiger partial charge in [-0.15, -0.1) is 0 Å². The average molecular weight is 581 g/mol. The van der Waals surface area contributed by atoms with Gasteiger partial charge in [0.05, 0.1) is 5.41 Å². The van der Waals surface area contributed by atoms with Gasteiger partial charge in [0.25, 0.3) is 0 Å². The molecule has 2 amide bonds. The van der Waals surface area contributed by atoms with Crippen LogP contribution in [0.3, 0.4) is 0 Å². The molecule has 5 nitrogen and oxygen atoms in total. The van der Waals surface area contributed by atoms with E-state index >= 15 is 0 Å². The second kappa shape index (κ2) is 10.5. The molecule has 2 N–H and O–H groups in total. The van der Waals surface area contributed by atoms with Crippen LogP contribution >= 0.6 is 0 Å². The second-order valence-electron chi connectivity index (χ2n) is 17.2. The van der Waals surface area contributed by atoms with Gasteiger partial charge < -0.3 is 10.6 Å². The Morgan fingerprint density at radius 1 is 0.810 bits per heavy atom. The SMILES string of the molecule is C=C(C)C1CCC2(C(=O)NCC(NC(C)=O)C(C)=O)CCC3(C)C(CCC4C5(C)CCC(C)C(C)(C)C5CCC43C)C12. The van der Waals surface area contributed by atoms with E-state index in [0.29, 0.717) is 22.7 Å². The fourth-order valence-corrected chi connectivity index (χ4v) is 12.6. The van der Waals surface area contributed by atoms with Crippen LogP contribution in [0.15, 0.2) is 12.2 Å². The molecule has 5 heteroatoms. The van der Waals surface area contributed by atoms with E-state index in [4.69, 9.17) is 0 Å². The molecule has 11 unspecified atom stereocenters. The number of hydrogen-bond acceptors (Lipinski definition) is 3. The number of rotatable bonds is 6. The summed E-state index contributed by atoms with van der Waals surface area (Å²) in [6.07, 6.45) is 11.8. The molecule has 236 valence electrons. The van der Waals surface area contributed by atoms with E-state index in [2.05, 4.69) is 65.7 Å². The Bertz CT molecular complexity index is 1140. The first-order chi connectivity index (χ1) is 19.5. The zero-order valence-corrected chi connectivity index (χ0v) is 28.3. The molecule has 11 atom stereocenters. The Morgan fingerprint density at radius 3 is 2.12 bits per heavy atom. The third-order valence-corrected chi connectivity index (χ3v) is 15.4. The van der Waals surface area contributed by atoms with Crippen LogP contribution in [-0.4, -0.2) is 30.2 Å². The Labute approximate surface area is 256 Å². The minimum atomic E-state index is -0.679. The van der Waals surface area contributed by atoms with E-state index < -0.39 is 11.5 Å². The summed E-state index contributed by atoms with van der Waals surface area (Å²) in [5.41, 5.74) is 2.05. The summed E-state index contributed by atoms with van der Waals surface area (Å²) in [5, 5.41) is 5.91. The van der Waals surface area contributed by atoms with Crippen molar-refractivity contribution in [2.24, 2.45) is 62.6 Å². The predicted octanol–water partition coefficient (Wildman–Crippen LogP) is 7.49. The number of fused-ring (bicyclic) bond motifs is 7. The number of hydrogen-bond donors (Lipinski definition) is 2. The first kappa shape index (κ1) is 31.8. The molecular weight excluding hydrogens is 520 g/mol. The van der Waals surface area contributed by atoms with Gasteiger partial charge in [0.2, 0.25) is 11.8 Å². The molecule has 42 heavy (non-hydrogen) atoms. The summed E-state index contributed by atoms with van der Waals surface area (Å²) in [6, 6.07) is -0.679. The Morgan fingerprint density at radius 2 is 1.50 bits per heavy atom. The van der Waals surface area contributed by atoms with Crippen LogP contribution in [0.5, 0.6) is 0 Å². The lowest BCUT2D eigenvalue weighted by molar-refractivity contribution is -0.240. The minimum Gasteiger partial charge on any atom is -0.353 e. The third kappa shape index (κ3) is 4.39. The smallest absolute Gasteiger partial charge is 0.226 e. The Kier molecular flexibility index (Phi) is 7.92. The highest BCUT2D eigenvalue weighted by Gasteiger charge is 2.71. The molecule has 0 spiro atoms. The van der Waals surface area contributed by atoms with Crippen LogP contribution in [-0.2, 0) is 14.4 Å². The number of amides is 2. The highest BCUT2D eigenvalue weighted by molar-refractivity contribution is 5.88. The van der Waals surface area contributed by atoms with Crippen molar-refractivity contribution < 1.29 is 14.4 Å². The lowest BCUT2D eigenvalue weighted by Crippen LogP contribution is -2.67. The lowest BCUT2D eigenvalue weighted by atomic mass is 9.32. The molecule has 0 bridgehead atoms. The van der Waals surface area contributed by atoms with Gasteiger partial charge >= 0.3 is 0 Å². The van der Waals surface area contributed by atoms with Crippen molar-refractivity contribution in [3.8, 4) is 0 Å². The van der Waals surface area contributed by atoms with Gasteiger partial charge in [-0.2, -0.15) is 0 Å². The van der Waals surface area contributed by atoms with Crippen LogP contribution in [0.25, 0.3) is 0 Å². The molecule has 0 heterocycles. The fourth-order valence-electron chi connectivity index (χ4n) is 12.6. The summed E-state index contributed by atoms with van der Waals surface area (Å²) < 4.78 is 0. The second-order valence-corrected chi connectivity index (χ2v) is 17.2. The first-order valence-electron chi connectivity index (χ1n) is 17.2. The molecule has 0 aromatic carbocycles. The quantitative estimate of drug-likeness (QED) is 0.320. The number of Topliss-reactive ketones (excluding diaryl/α,β-unsaturated/α-hetero) is 1. The molecule has 5 fully saturated rings. The molecule has 5 rings (SSSR count). The van der Waals surface area contributed by atoms with Crippen LogP contribution in [0.4, 0.5) is 0 Å². The molecule has 5 aliphatic rings. The summed E-state index contributed by atoms with van der Waals surface area (Å²) in [7, 11) is 0. The first-order valence-corrected chi connectivity index (χ1v) is 17.2. The van der Waals surface area contributed by atoms with Gasteiger partial charge in [-0.25, -0.2) is 0 Å². The standard InChI is InChI=1S/C37H60N2O3/c1-22(2)26-14-18-37(32(42)38-21-28(24(4)40)39-25(5)41)20-19-35(9)27(31(26)37)11-12-30-34(8)16-13-23(3)33(6,7)29(34)15-17-36(30,35)10/h23,26-31H,1,11-21H2,2-10H3,(H,38,42)(H,39,41). The summed E-state index contributed by atoms with van der Waals surface area (Å²) in [6.45, 7) is 25.3. The Hall–Kier alpha value is -1.65. The van der Waals surface area contributed by atoms with Crippen molar-refractivity contribution in [3.05, 3.63) is 12.2 Å². The van der Waals surface area contributed by atoms with Crippen LogP contribution in [0, 0.1) is 62.6 Å². The largest absolute Gasteiger partial charge is 0.353 e. The maximum absolute atomic E-state index is 14.3. The van der Waals surface area contributed by atoms with Crippen LogP contribution in [0.1, 0.15) is 127 Å². The van der Waals surface area contributed by atoms with E-state index in [1.54, 1.807) is 0 Å². The van der Waals surface area contributed by atoms with Crippen molar-refractivity contribution in [1.29, 1.82) is 0 Å². The maximum atomic E-state index is 14.3. The highest BCUT2D eigenvalue weighted by Crippen LogP contribution is 2.77. The van der Waals surface area contributed by atoms with Gasteiger partial charge in [-0.3, -0.25) is 14.4 Å². The zero-order chi connectivity index (χ0) is 31.0. The van der Waals surface area contributed by atoms with Crippen molar-refractivity contribution in [2.75, 3.05) is 6.54 Å². The third-order valence-electron chi connectivity index (χ3n) is 15.4. The van der Waals surface area contributed by atoms with Crippen molar-refractivity contribution in [3.63, 3.8) is 0 Å². The molecule has 0 aliphatic heterocycles. The minimum absolute atomic E-state index is 0.0980. The average Bonchev–Trinajstić information content (AvgIpc) is 3.30. The van der Waals surface area contributed by atoms with E-state index in [1.165, 1.54) is 57.9 Å². The number of allylic oxidation sites excluding steroid dienone is 1. The van der Waals surface area contributed by atoms with Crippen molar-refractivity contribution in [2.45, 2.75) is 133 Å².